The first kappa shape index (κ1) is 14.1. The van der Waals surface area contributed by atoms with Gasteiger partial charge in [0.25, 0.3) is 0 Å². The summed E-state index contributed by atoms with van der Waals surface area (Å²) in [4.78, 5) is 26.4. The van der Waals surface area contributed by atoms with Gasteiger partial charge in [0.2, 0.25) is 11.8 Å². The smallest absolute Gasteiger partial charge is 0.228 e. The summed E-state index contributed by atoms with van der Waals surface area (Å²) in [5, 5.41) is 2.98. The highest BCUT2D eigenvalue weighted by Gasteiger charge is 2.49. The SMILES string of the molecule is Cc1ccc(C)c(NC(=O)C2CC2C(=O)N2CCCC2)c1. The molecule has 1 N–H and O–H groups in total. The third kappa shape index (κ3) is 2.94. The predicted octanol–water partition coefficient (Wildman–Crippen LogP) is 2.50. The maximum Gasteiger partial charge on any atom is 0.228 e. The van der Waals surface area contributed by atoms with E-state index in [0.29, 0.717) is 6.42 Å². The van der Waals surface area contributed by atoms with Crippen LogP contribution in [-0.2, 0) is 9.59 Å². The maximum absolute atomic E-state index is 12.3. The lowest BCUT2D eigenvalue weighted by atomic mass is 10.1. The van der Waals surface area contributed by atoms with Crippen molar-refractivity contribution in [3.05, 3.63) is 29.3 Å². The van der Waals surface area contributed by atoms with Gasteiger partial charge in [-0.2, -0.15) is 0 Å². The van der Waals surface area contributed by atoms with Gasteiger partial charge in [0, 0.05) is 18.8 Å². The monoisotopic (exact) mass is 286 g/mol. The van der Waals surface area contributed by atoms with Gasteiger partial charge in [-0.25, -0.2) is 0 Å². The number of nitrogens with zero attached hydrogens (tertiary/aromatic N) is 1. The van der Waals surface area contributed by atoms with Crippen LogP contribution in [-0.4, -0.2) is 29.8 Å². The Balaban J connectivity index is 1.60. The summed E-state index contributed by atoms with van der Waals surface area (Å²) in [6.07, 6.45) is 2.89. The predicted molar refractivity (Wildman–Crippen MR) is 82.0 cm³/mol. The number of hydrogen-bond acceptors (Lipinski definition) is 2. The number of likely N-dealkylation sites (tertiary alicyclic amines) is 1. The van der Waals surface area contributed by atoms with Crippen molar-refractivity contribution in [3.8, 4) is 0 Å². The highest BCUT2D eigenvalue weighted by Crippen LogP contribution is 2.41. The minimum absolute atomic E-state index is 0.0127. The Morgan fingerprint density at radius 3 is 2.57 bits per heavy atom. The van der Waals surface area contributed by atoms with E-state index in [2.05, 4.69) is 5.32 Å². The van der Waals surface area contributed by atoms with Crippen molar-refractivity contribution in [1.82, 2.24) is 4.90 Å². The zero-order valence-electron chi connectivity index (χ0n) is 12.7. The van der Waals surface area contributed by atoms with Crippen LogP contribution < -0.4 is 5.32 Å². The van der Waals surface area contributed by atoms with Gasteiger partial charge in [-0.15, -0.1) is 0 Å². The average molecular weight is 286 g/mol. The fraction of sp³-hybridized carbons (Fsp3) is 0.529. The molecule has 0 radical (unpaired) electrons. The molecule has 2 aliphatic rings. The molecule has 1 heterocycles. The minimum atomic E-state index is -0.141. The van der Waals surface area contributed by atoms with Gasteiger partial charge >= 0.3 is 0 Å². The van der Waals surface area contributed by atoms with Crippen LogP contribution >= 0.6 is 0 Å². The van der Waals surface area contributed by atoms with E-state index in [9.17, 15) is 9.59 Å². The summed E-state index contributed by atoms with van der Waals surface area (Å²) in [6.45, 7) is 5.71. The Morgan fingerprint density at radius 1 is 1.14 bits per heavy atom. The van der Waals surface area contributed by atoms with Gasteiger partial charge in [-0.1, -0.05) is 12.1 Å². The van der Waals surface area contributed by atoms with Crippen molar-refractivity contribution in [2.24, 2.45) is 11.8 Å². The van der Waals surface area contributed by atoms with Crippen LogP contribution in [0.4, 0.5) is 5.69 Å². The number of rotatable bonds is 3. The average Bonchev–Trinajstić information content (AvgIpc) is 3.07. The van der Waals surface area contributed by atoms with E-state index < -0.39 is 0 Å². The molecule has 1 saturated carbocycles. The first-order chi connectivity index (χ1) is 10.1. The third-order valence-corrected chi connectivity index (χ3v) is 4.51. The number of hydrogen-bond donors (Lipinski definition) is 1. The summed E-state index contributed by atoms with van der Waals surface area (Å²) in [7, 11) is 0. The molecule has 0 aromatic heterocycles. The molecule has 4 nitrogen and oxygen atoms in total. The van der Waals surface area contributed by atoms with Crippen molar-refractivity contribution < 1.29 is 9.59 Å². The number of aryl methyl sites for hydroxylation is 2. The minimum Gasteiger partial charge on any atom is -0.342 e. The van der Waals surface area contributed by atoms with Gasteiger partial charge in [-0.05, 0) is 50.3 Å². The van der Waals surface area contributed by atoms with Crippen molar-refractivity contribution in [2.45, 2.75) is 33.1 Å². The third-order valence-electron chi connectivity index (χ3n) is 4.51. The van der Waals surface area contributed by atoms with E-state index >= 15 is 0 Å². The Labute approximate surface area is 125 Å². The molecule has 2 fully saturated rings. The molecule has 112 valence electrons. The van der Waals surface area contributed by atoms with Crippen LogP contribution in [0, 0.1) is 25.7 Å². The van der Waals surface area contributed by atoms with Crippen molar-refractivity contribution in [3.63, 3.8) is 0 Å². The largest absolute Gasteiger partial charge is 0.342 e. The van der Waals surface area contributed by atoms with Crippen LogP contribution in [0.5, 0.6) is 0 Å². The molecule has 0 bridgehead atoms. The molecule has 4 heteroatoms. The molecule has 1 aliphatic heterocycles. The molecule has 1 aliphatic carbocycles. The van der Waals surface area contributed by atoms with Crippen molar-refractivity contribution >= 4 is 17.5 Å². The quantitative estimate of drug-likeness (QED) is 0.928. The van der Waals surface area contributed by atoms with E-state index in [1.807, 2.05) is 36.9 Å². The molecule has 2 atom stereocenters. The van der Waals surface area contributed by atoms with Crippen LogP contribution in [0.15, 0.2) is 18.2 Å². The van der Waals surface area contributed by atoms with E-state index in [0.717, 1.165) is 42.7 Å². The van der Waals surface area contributed by atoms with Crippen LogP contribution in [0.1, 0.15) is 30.4 Å². The normalized spacial score (nSPS) is 24.0. The Morgan fingerprint density at radius 2 is 1.86 bits per heavy atom. The molecular weight excluding hydrogens is 264 g/mol. The molecule has 1 saturated heterocycles. The fourth-order valence-electron chi connectivity index (χ4n) is 3.03. The second-order valence-corrected chi connectivity index (χ2v) is 6.29. The Kier molecular flexibility index (Phi) is 3.70. The molecular formula is C17H22N2O2. The number of anilines is 1. The topological polar surface area (TPSA) is 49.4 Å². The second kappa shape index (κ2) is 5.51. The van der Waals surface area contributed by atoms with E-state index in [1.165, 1.54) is 0 Å². The van der Waals surface area contributed by atoms with Gasteiger partial charge in [0.15, 0.2) is 0 Å². The van der Waals surface area contributed by atoms with E-state index in [-0.39, 0.29) is 23.7 Å². The molecule has 2 unspecified atom stereocenters. The molecule has 2 amide bonds. The molecule has 21 heavy (non-hydrogen) atoms. The number of amides is 2. The number of nitrogens with one attached hydrogen (secondary N) is 1. The fourth-order valence-corrected chi connectivity index (χ4v) is 3.03. The number of carbonyl (C=O) groups excluding carboxylic acids is 2. The highest BCUT2D eigenvalue weighted by atomic mass is 16.2. The standard InChI is InChI=1S/C17H22N2O2/c1-11-5-6-12(2)15(9-11)18-16(20)13-10-14(13)17(21)19-7-3-4-8-19/h5-6,9,13-14H,3-4,7-8,10H2,1-2H3,(H,18,20). The molecule has 0 spiro atoms. The zero-order valence-corrected chi connectivity index (χ0v) is 12.7. The van der Waals surface area contributed by atoms with Crippen molar-refractivity contribution in [1.29, 1.82) is 0 Å². The molecule has 1 aromatic carbocycles. The maximum atomic E-state index is 12.3. The van der Waals surface area contributed by atoms with Crippen LogP contribution in [0.25, 0.3) is 0 Å². The zero-order chi connectivity index (χ0) is 15.0. The second-order valence-electron chi connectivity index (χ2n) is 6.29. The number of benzene rings is 1. The van der Waals surface area contributed by atoms with Crippen LogP contribution in [0.3, 0.4) is 0 Å². The van der Waals surface area contributed by atoms with Crippen LogP contribution in [0.2, 0.25) is 0 Å². The summed E-state index contributed by atoms with van der Waals surface area (Å²) >= 11 is 0. The Bertz CT molecular complexity index is 576. The van der Waals surface area contributed by atoms with Crippen molar-refractivity contribution in [2.75, 3.05) is 18.4 Å². The first-order valence-electron chi connectivity index (χ1n) is 7.73. The van der Waals surface area contributed by atoms with Gasteiger partial charge in [0.1, 0.15) is 0 Å². The lowest BCUT2D eigenvalue weighted by Gasteiger charge is -2.15. The van der Waals surface area contributed by atoms with E-state index in [1.54, 1.807) is 0 Å². The summed E-state index contributed by atoms with van der Waals surface area (Å²) < 4.78 is 0. The highest BCUT2D eigenvalue weighted by molar-refractivity contribution is 6.00. The number of carbonyl (C=O) groups is 2. The molecule has 3 rings (SSSR count). The summed E-state index contributed by atoms with van der Waals surface area (Å²) in [5.74, 6) is -0.0684. The summed E-state index contributed by atoms with van der Waals surface area (Å²) in [5.41, 5.74) is 3.03. The van der Waals surface area contributed by atoms with Gasteiger partial charge in [0.05, 0.1) is 11.8 Å². The van der Waals surface area contributed by atoms with Gasteiger partial charge in [-0.3, -0.25) is 9.59 Å². The lowest BCUT2D eigenvalue weighted by Crippen LogP contribution is -2.30. The lowest BCUT2D eigenvalue weighted by molar-refractivity contribution is -0.133. The molecule has 1 aromatic rings. The van der Waals surface area contributed by atoms with E-state index in [4.69, 9.17) is 0 Å². The summed E-state index contributed by atoms with van der Waals surface area (Å²) in [6, 6.07) is 6.01. The van der Waals surface area contributed by atoms with Gasteiger partial charge < -0.3 is 10.2 Å². The Hall–Kier alpha value is -1.84. The first-order valence-corrected chi connectivity index (χ1v) is 7.73.